The highest BCUT2D eigenvalue weighted by atomic mass is 16.5. The third-order valence-corrected chi connectivity index (χ3v) is 4.13. The van der Waals surface area contributed by atoms with Crippen LogP contribution in [0.5, 0.6) is 5.75 Å². The quantitative estimate of drug-likeness (QED) is 0.515. The summed E-state index contributed by atoms with van der Waals surface area (Å²) in [6.45, 7) is 4.87. The van der Waals surface area contributed by atoms with E-state index in [1.54, 1.807) is 7.11 Å². The Hall–Kier alpha value is -2.61. The van der Waals surface area contributed by atoms with Crippen molar-refractivity contribution in [3.05, 3.63) is 30.1 Å². The molecule has 0 spiro atoms. The lowest BCUT2D eigenvalue weighted by atomic mass is 10.2. The first kappa shape index (κ1) is 18.2. The molecule has 2 aromatic rings. The fourth-order valence-electron chi connectivity index (χ4n) is 2.75. The van der Waals surface area contributed by atoms with Gasteiger partial charge in [-0.3, -0.25) is 5.10 Å². The molecule has 0 amide bonds. The van der Waals surface area contributed by atoms with E-state index < -0.39 is 0 Å². The lowest BCUT2D eigenvalue weighted by Gasteiger charge is -2.14. The Bertz CT molecular complexity index is 707. The smallest absolute Gasteiger partial charge is 0.191 e. The van der Waals surface area contributed by atoms with Gasteiger partial charge < -0.3 is 20.1 Å². The third-order valence-electron chi connectivity index (χ3n) is 4.13. The van der Waals surface area contributed by atoms with Crippen molar-refractivity contribution in [2.45, 2.75) is 32.4 Å². The van der Waals surface area contributed by atoms with E-state index >= 15 is 0 Å². The molecule has 0 saturated carbocycles. The number of benzene rings is 1. The average molecular weight is 358 g/mol. The summed E-state index contributed by atoms with van der Waals surface area (Å²) in [6.07, 6.45) is 2.50. The Morgan fingerprint density at radius 2 is 2.19 bits per heavy atom. The largest absolute Gasteiger partial charge is 0.497 e. The Morgan fingerprint density at radius 3 is 2.88 bits per heavy atom. The van der Waals surface area contributed by atoms with Crippen molar-refractivity contribution < 1.29 is 9.47 Å². The highest BCUT2D eigenvalue weighted by Gasteiger charge is 2.15. The molecule has 1 atom stereocenters. The number of aliphatic imine (C=N–C) groups is 1. The molecule has 0 aliphatic carbocycles. The van der Waals surface area contributed by atoms with Crippen LogP contribution in [0.25, 0.3) is 11.4 Å². The Morgan fingerprint density at radius 1 is 1.35 bits per heavy atom. The second-order valence-electron chi connectivity index (χ2n) is 6.05. The fraction of sp³-hybridized carbons (Fsp3) is 0.500. The molecule has 1 fully saturated rings. The van der Waals surface area contributed by atoms with Crippen molar-refractivity contribution in [1.82, 2.24) is 25.8 Å². The van der Waals surface area contributed by atoms with E-state index in [1.807, 2.05) is 31.2 Å². The van der Waals surface area contributed by atoms with Crippen LogP contribution in [0.4, 0.5) is 0 Å². The van der Waals surface area contributed by atoms with Gasteiger partial charge in [0.2, 0.25) is 0 Å². The highest BCUT2D eigenvalue weighted by molar-refractivity contribution is 5.79. The van der Waals surface area contributed by atoms with Gasteiger partial charge in [-0.15, -0.1) is 0 Å². The number of aromatic nitrogens is 3. The molecule has 1 aliphatic heterocycles. The highest BCUT2D eigenvalue weighted by Crippen LogP contribution is 2.19. The molecule has 1 aromatic heterocycles. The summed E-state index contributed by atoms with van der Waals surface area (Å²) in [7, 11) is 1.65. The number of ether oxygens (including phenoxy) is 2. The SMILES string of the molecule is CCNC(=NCc1nc(-c2ccc(OC)cc2)n[nH]1)NCC1CCCO1. The molecule has 140 valence electrons. The lowest BCUT2D eigenvalue weighted by molar-refractivity contribution is 0.114. The third kappa shape index (κ3) is 4.95. The summed E-state index contributed by atoms with van der Waals surface area (Å²) in [6, 6.07) is 7.65. The molecule has 1 aromatic carbocycles. The summed E-state index contributed by atoms with van der Waals surface area (Å²) >= 11 is 0. The summed E-state index contributed by atoms with van der Waals surface area (Å²) in [5.74, 6) is 2.92. The normalized spacial score (nSPS) is 17.3. The molecule has 0 radical (unpaired) electrons. The Kier molecular flexibility index (Phi) is 6.43. The molecular formula is C18H26N6O2. The van der Waals surface area contributed by atoms with E-state index in [2.05, 4.69) is 30.8 Å². The van der Waals surface area contributed by atoms with E-state index in [9.17, 15) is 0 Å². The van der Waals surface area contributed by atoms with Crippen molar-refractivity contribution in [2.75, 3.05) is 26.8 Å². The summed E-state index contributed by atoms with van der Waals surface area (Å²) in [4.78, 5) is 9.08. The topological polar surface area (TPSA) is 96.5 Å². The van der Waals surface area contributed by atoms with E-state index in [0.29, 0.717) is 18.2 Å². The minimum absolute atomic E-state index is 0.269. The van der Waals surface area contributed by atoms with Crippen LogP contribution < -0.4 is 15.4 Å². The number of aromatic amines is 1. The van der Waals surface area contributed by atoms with Gasteiger partial charge in [-0.05, 0) is 44.0 Å². The fourth-order valence-corrected chi connectivity index (χ4v) is 2.75. The van der Waals surface area contributed by atoms with Gasteiger partial charge in [0, 0.05) is 25.3 Å². The molecule has 1 saturated heterocycles. The van der Waals surface area contributed by atoms with Gasteiger partial charge in [-0.1, -0.05) is 0 Å². The van der Waals surface area contributed by atoms with E-state index in [1.165, 1.54) is 0 Å². The number of H-pyrrole nitrogens is 1. The zero-order valence-electron chi connectivity index (χ0n) is 15.3. The van der Waals surface area contributed by atoms with Crippen LogP contribution >= 0.6 is 0 Å². The van der Waals surface area contributed by atoms with Crippen LogP contribution in [0.2, 0.25) is 0 Å². The van der Waals surface area contributed by atoms with Crippen LogP contribution in [-0.2, 0) is 11.3 Å². The molecule has 8 nitrogen and oxygen atoms in total. The number of hydrogen-bond acceptors (Lipinski definition) is 5. The number of nitrogens with one attached hydrogen (secondary N) is 3. The maximum atomic E-state index is 5.63. The predicted molar refractivity (Wildman–Crippen MR) is 100 cm³/mol. The molecule has 26 heavy (non-hydrogen) atoms. The number of methoxy groups -OCH3 is 1. The van der Waals surface area contributed by atoms with Gasteiger partial charge in [0.15, 0.2) is 11.8 Å². The van der Waals surface area contributed by atoms with Crippen molar-refractivity contribution in [2.24, 2.45) is 4.99 Å². The standard InChI is InChI=1S/C18H26N6O2/c1-3-19-18(20-11-15-5-4-10-26-15)21-12-16-22-17(24-23-16)13-6-8-14(25-2)9-7-13/h6-9,15H,3-5,10-12H2,1-2H3,(H2,19,20,21)(H,22,23,24). The molecular weight excluding hydrogens is 332 g/mol. The summed E-state index contributed by atoms with van der Waals surface area (Å²) in [5.41, 5.74) is 0.931. The van der Waals surface area contributed by atoms with Crippen molar-refractivity contribution in [3.8, 4) is 17.1 Å². The molecule has 3 N–H and O–H groups in total. The number of hydrogen-bond donors (Lipinski definition) is 3. The van der Waals surface area contributed by atoms with Crippen molar-refractivity contribution >= 4 is 5.96 Å². The van der Waals surface area contributed by atoms with Gasteiger partial charge >= 0.3 is 0 Å². The Balaban J connectivity index is 1.59. The van der Waals surface area contributed by atoms with Crippen LogP contribution in [0.15, 0.2) is 29.3 Å². The van der Waals surface area contributed by atoms with Crippen molar-refractivity contribution in [3.63, 3.8) is 0 Å². The molecule has 2 heterocycles. The zero-order valence-corrected chi connectivity index (χ0v) is 15.3. The Labute approximate surface area is 153 Å². The molecule has 3 rings (SSSR count). The minimum Gasteiger partial charge on any atom is -0.497 e. The number of rotatable bonds is 7. The van der Waals surface area contributed by atoms with Crippen LogP contribution in [0, 0.1) is 0 Å². The number of guanidine groups is 1. The second-order valence-corrected chi connectivity index (χ2v) is 6.05. The van der Waals surface area contributed by atoms with Gasteiger partial charge in [-0.25, -0.2) is 9.98 Å². The molecule has 8 heteroatoms. The molecule has 0 bridgehead atoms. The average Bonchev–Trinajstić information content (AvgIpc) is 3.36. The minimum atomic E-state index is 0.269. The van der Waals surface area contributed by atoms with Gasteiger partial charge in [-0.2, -0.15) is 5.10 Å². The van der Waals surface area contributed by atoms with Gasteiger partial charge in [0.05, 0.1) is 13.2 Å². The van der Waals surface area contributed by atoms with Crippen LogP contribution in [-0.4, -0.2) is 54.1 Å². The van der Waals surface area contributed by atoms with Crippen molar-refractivity contribution in [1.29, 1.82) is 0 Å². The van der Waals surface area contributed by atoms with E-state index in [0.717, 1.165) is 49.8 Å². The van der Waals surface area contributed by atoms with Gasteiger partial charge in [0.25, 0.3) is 0 Å². The maximum absolute atomic E-state index is 5.63. The first-order valence-corrected chi connectivity index (χ1v) is 8.98. The molecule has 1 unspecified atom stereocenters. The first-order valence-electron chi connectivity index (χ1n) is 8.98. The van der Waals surface area contributed by atoms with Gasteiger partial charge in [0.1, 0.15) is 18.1 Å². The monoisotopic (exact) mass is 358 g/mol. The summed E-state index contributed by atoms with van der Waals surface area (Å²) < 4.78 is 10.8. The van der Waals surface area contributed by atoms with Crippen LogP contribution in [0.3, 0.4) is 0 Å². The first-order chi connectivity index (χ1) is 12.8. The van der Waals surface area contributed by atoms with E-state index in [4.69, 9.17) is 9.47 Å². The predicted octanol–water partition coefficient (Wildman–Crippen LogP) is 1.71. The maximum Gasteiger partial charge on any atom is 0.191 e. The zero-order chi connectivity index (χ0) is 18.2. The molecule has 1 aliphatic rings. The van der Waals surface area contributed by atoms with E-state index in [-0.39, 0.29) is 6.10 Å². The summed E-state index contributed by atoms with van der Waals surface area (Å²) in [5, 5.41) is 13.8. The second kappa shape index (κ2) is 9.19. The van der Waals surface area contributed by atoms with Crippen LogP contribution in [0.1, 0.15) is 25.6 Å². The number of nitrogens with zero attached hydrogens (tertiary/aromatic N) is 3. The lowest BCUT2D eigenvalue weighted by Crippen LogP contribution is -2.41.